The van der Waals surface area contributed by atoms with Crippen LogP contribution >= 0.6 is 0 Å². The summed E-state index contributed by atoms with van der Waals surface area (Å²) in [6.07, 6.45) is 6.90. The molecule has 0 saturated carbocycles. The van der Waals surface area contributed by atoms with Crippen LogP contribution in [0.25, 0.3) is 0 Å². The zero-order chi connectivity index (χ0) is 15.8. The van der Waals surface area contributed by atoms with Gasteiger partial charge in [0.15, 0.2) is 0 Å². The molecule has 2 heteroatoms. The van der Waals surface area contributed by atoms with E-state index < -0.39 is 0 Å². The van der Waals surface area contributed by atoms with Crippen LogP contribution in [-0.4, -0.2) is 12.5 Å². The molecular weight excluding hydrogens is 246 g/mol. The van der Waals surface area contributed by atoms with E-state index in [-0.39, 0.29) is 16.7 Å². The average Bonchev–Trinajstić information content (AvgIpc) is 2.25. The van der Waals surface area contributed by atoms with Gasteiger partial charge < -0.3 is 5.32 Å². The molecular formula is C18H37NO. The number of hydrogen-bond acceptors (Lipinski definition) is 1. The molecule has 1 amide bonds. The van der Waals surface area contributed by atoms with Gasteiger partial charge in [-0.3, -0.25) is 4.79 Å². The van der Waals surface area contributed by atoms with Crippen LogP contribution in [0.2, 0.25) is 0 Å². The van der Waals surface area contributed by atoms with Gasteiger partial charge in [-0.05, 0) is 23.2 Å². The minimum absolute atomic E-state index is 0.0361. The highest BCUT2D eigenvalue weighted by Crippen LogP contribution is 2.40. The van der Waals surface area contributed by atoms with Crippen molar-refractivity contribution in [3.8, 4) is 0 Å². The molecule has 1 N–H and O–H groups in total. The Labute approximate surface area is 127 Å². The van der Waals surface area contributed by atoms with Crippen LogP contribution in [0.3, 0.4) is 0 Å². The first-order chi connectivity index (χ1) is 9.06. The molecule has 0 fully saturated rings. The van der Waals surface area contributed by atoms with Crippen molar-refractivity contribution >= 4 is 5.91 Å². The minimum atomic E-state index is 0.0361. The van der Waals surface area contributed by atoms with Crippen molar-refractivity contribution in [2.24, 2.45) is 16.7 Å². The number of nitrogens with one attached hydrogen (secondary N) is 1. The fraction of sp³-hybridized carbons (Fsp3) is 0.944. The van der Waals surface area contributed by atoms with E-state index >= 15 is 0 Å². The lowest BCUT2D eigenvalue weighted by atomic mass is 9.67. The number of unbranched alkanes of at least 4 members (excludes halogenated alkanes) is 3. The highest BCUT2D eigenvalue weighted by molar-refractivity contribution is 5.76. The summed E-state index contributed by atoms with van der Waals surface area (Å²) >= 11 is 0. The van der Waals surface area contributed by atoms with E-state index in [4.69, 9.17) is 0 Å². The van der Waals surface area contributed by atoms with Crippen molar-refractivity contribution in [3.05, 3.63) is 0 Å². The number of rotatable bonds is 9. The largest absolute Gasteiger partial charge is 0.356 e. The van der Waals surface area contributed by atoms with Crippen molar-refractivity contribution in [2.75, 3.05) is 6.54 Å². The number of hydrogen-bond donors (Lipinski definition) is 1. The van der Waals surface area contributed by atoms with Crippen LogP contribution in [0.5, 0.6) is 0 Å². The highest BCUT2D eigenvalue weighted by atomic mass is 16.1. The smallest absolute Gasteiger partial charge is 0.220 e. The summed E-state index contributed by atoms with van der Waals surface area (Å²) < 4.78 is 0. The predicted molar refractivity (Wildman–Crippen MR) is 88.8 cm³/mol. The van der Waals surface area contributed by atoms with Crippen LogP contribution in [0, 0.1) is 16.7 Å². The van der Waals surface area contributed by atoms with Crippen LogP contribution < -0.4 is 5.32 Å². The summed E-state index contributed by atoms with van der Waals surface area (Å²) in [4.78, 5) is 12.0. The summed E-state index contributed by atoms with van der Waals surface area (Å²) in [5.74, 6) is 1.02. The van der Waals surface area contributed by atoms with Gasteiger partial charge in [0.25, 0.3) is 0 Å². The Morgan fingerprint density at radius 1 is 0.950 bits per heavy atom. The van der Waals surface area contributed by atoms with Gasteiger partial charge in [0.1, 0.15) is 0 Å². The van der Waals surface area contributed by atoms with Gasteiger partial charge in [-0.1, -0.05) is 74.1 Å². The minimum Gasteiger partial charge on any atom is -0.356 e. The van der Waals surface area contributed by atoms with Crippen molar-refractivity contribution < 1.29 is 4.79 Å². The van der Waals surface area contributed by atoms with Crippen LogP contribution in [0.15, 0.2) is 0 Å². The van der Waals surface area contributed by atoms with Crippen LogP contribution in [0.1, 0.15) is 87.0 Å². The van der Waals surface area contributed by atoms with Crippen molar-refractivity contribution in [1.82, 2.24) is 5.32 Å². The van der Waals surface area contributed by atoms with Gasteiger partial charge in [0.2, 0.25) is 5.91 Å². The molecule has 0 spiro atoms. The van der Waals surface area contributed by atoms with E-state index in [1.165, 1.54) is 25.7 Å². The van der Waals surface area contributed by atoms with Gasteiger partial charge in [0.05, 0.1) is 0 Å². The van der Waals surface area contributed by atoms with E-state index in [9.17, 15) is 4.79 Å². The Balaban J connectivity index is 3.70. The molecule has 0 saturated heterocycles. The molecule has 0 aliphatic heterocycles. The predicted octanol–water partition coefficient (Wildman–Crippen LogP) is 5.17. The Hall–Kier alpha value is -0.530. The van der Waals surface area contributed by atoms with Gasteiger partial charge >= 0.3 is 0 Å². The molecule has 20 heavy (non-hydrogen) atoms. The Kier molecular flexibility index (Phi) is 8.46. The third-order valence-electron chi connectivity index (χ3n) is 4.66. The van der Waals surface area contributed by atoms with Crippen LogP contribution in [-0.2, 0) is 4.79 Å². The molecule has 0 rings (SSSR count). The molecule has 0 heterocycles. The van der Waals surface area contributed by atoms with E-state index in [1.54, 1.807) is 0 Å². The van der Waals surface area contributed by atoms with E-state index in [2.05, 4.69) is 53.8 Å². The first kappa shape index (κ1) is 19.5. The highest BCUT2D eigenvalue weighted by Gasteiger charge is 2.34. The Bertz CT molecular complexity index is 274. The topological polar surface area (TPSA) is 29.1 Å². The van der Waals surface area contributed by atoms with Crippen LogP contribution in [0.4, 0.5) is 0 Å². The molecule has 2 nitrogen and oxygen atoms in total. The van der Waals surface area contributed by atoms with Gasteiger partial charge in [0, 0.05) is 13.0 Å². The van der Waals surface area contributed by atoms with Crippen molar-refractivity contribution in [3.63, 3.8) is 0 Å². The van der Waals surface area contributed by atoms with E-state index in [0.29, 0.717) is 6.42 Å². The van der Waals surface area contributed by atoms with E-state index in [0.717, 1.165) is 18.9 Å². The maximum Gasteiger partial charge on any atom is 0.220 e. The fourth-order valence-corrected chi connectivity index (χ4v) is 1.99. The summed E-state index contributed by atoms with van der Waals surface area (Å²) in [6, 6.07) is 0. The first-order valence-electron chi connectivity index (χ1n) is 8.33. The van der Waals surface area contributed by atoms with Gasteiger partial charge in [-0.15, -0.1) is 0 Å². The maximum absolute atomic E-state index is 12.0. The lowest BCUT2D eigenvalue weighted by Crippen LogP contribution is -2.36. The number of carbonyl (C=O) groups excluding carboxylic acids is 1. The molecule has 0 bridgehead atoms. The maximum atomic E-state index is 12.0. The zero-order valence-electron chi connectivity index (χ0n) is 14.9. The standard InChI is InChI=1S/C18H37NO/c1-15(2)12-10-8-9-11-13-19-16(20)14-18(6,7)17(3,4)5/h15H,8-14H2,1-7H3,(H,19,20). The average molecular weight is 284 g/mol. The van der Waals surface area contributed by atoms with E-state index in [1.807, 2.05) is 0 Å². The summed E-state index contributed by atoms with van der Waals surface area (Å²) in [7, 11) is 0. The molecule has 0 aliphatic rings. The third kappa shape index (κ3) is 8.60. The first-order valence-corrected chi connectivity index (χ1v) is 8.33. The third-order valence-corrected chi connectivity index (χ3v) is 4.66. The monoisotopic (exact) mass is 283 g/mol. The lowest BCUT2D eigenvalue weighted by molar-refractivity contribution is -0.124. The molecule has 0 unspecified atom stereocenters. The van der Waals surface area contributed by atoms with Gasteiger partial charge in [-0.25, -0.2) is 0 Å². The second-order valence-corrected chi connectivity index (χ2v) is 8.26. The molecule has 0 atom stereocenters. The van der Waals surface area contributed by atoms with Crippen molar-refractivity contribution in [1.29, 1.82) is 0 Å². The second kappa shape index (κ2) is 8.69. The molecule has 0 aromatic heterocycles. The zero-order valence-corrected chi connectivity index (χ0v) is 14.9. The van der Waals surface area contributed by atoms with Crippen molar-refractivity contribution in [2.45, 2.75) is 87.0 Å². The second-order valence-electron chi connectivity index (χ2n) is 8.26. The fourth-order valence-electron chi connectivity index (χ4n) is 1.99. The SMILES string of the molecule is CC(C)CCCCCCNC(=O)CC(C)(C)C(C)(C)C. The quantitative estimate of drug-likeness (QED) is 0.581. The summed E-state index contributed by atoms with van der Waals surface area (Å²) in [6.45, 7) is 16.4. The molecule has 0 radical (unpaired) electrons. The normalized spacial score (nSPS) is 12.8. The Morgan fingerprint density at radius 2 is 1.50 bits per heavy atom. The molecule has 0 aromatic carbocycles. The molecule has 0 aliphatic carbocycles. The summed E-state index contributed by atoms with van der Waals surface area (Å²) in [5.41, 5.74) is 0.190. The summed E-state index contributed by atoms with van der Waals surface area (Å²) in [5, 5.41) is 3.07. The number of carbonyl (C=O) groups is 1. The number of amides is 1. The Morgan fingerprint density at radius 3 is 2.00 bits per heavy atom. The molecule has 120 valence electrons. The van der Waals surface area contributed by atoms with Gasteiger partial charge in [-0.2, -0.15) is 0 Å². The lowest BCUT2D eigenvalue weighted by Gasteiger charge is -2.38. The molecule has 0 aromatic rings.